The molecule has 5 rings (SSSR count). The predicted molar refractivity (Wildman–Crippen MR) is 123 cm³/mol. The maximum atomic E-state index is 13.7. The van der Waals surface area contributed by atoms with Gasteiger partial charge in [0.15, 0.2) is 0 Å². The third-order valence-electron chi connectivity index (χ3n) is 5.61. The molecule has 9 nitrogen and oxygen atoms in total. The van der Waals surface area contributed by atoms with Crippen LogP contribution in [-0.4, -0.2) is 59.7 Å². The van der Waals surface area contributed by atoms with Crippen molar-refractivity contribution in [2.45, 2.75) is 66.2 Å². The van der Waals surface area contributed by atoms with Gasteiger partial charge in [0.2, 0.25) is 5.91 Å². The maximum Gasteiger partial charge on any atom is 0.341 e. The summed E-state index contributed by atoms with van der Waals surface area (Å²) in [7, 11) is 0. The monoisotopic (exact) mass is 459 g/mol. The molecule has 1 fully saturated rings. The second-order valence-electron chi connectivity index (χ2n) is 7.93. The largest absolute Gasteiger partial charge is 0.477 e. The molecular weight excluding hydrogens is 429 g/mol. The van der Waals surface area contributed by atoms with E-state index >= 15 is 0 Å². The van der Waals surface area contributed by atoms with Gasteiger partial charge in [0.25, 0.3) is 5.56 Å². The molecule has 0 aromatic carbocycles. The highest BCUT2D eigenvalue weighted by molar-refractivity contribution is 6.04. The number of amides is 1. The van der Waals surface area contributed by atoms with Crippen LogP contribution in [0.5, 0.6) is 0 Å². The smallest absolute Gasteiger partial charge is 0.341 e. The van der Waals surface area contributed by atoms with Gasteiger partial charge in [-0.2, -0.15) is 0 Å². The van der Waals surface area contributed by atoms with Crippen molar-refractivity contribution in [1.29, 1.82) is 0 Å². The quantitative estimate of drug-likeness (QED) is 0.645. The number of carbonyl (C=O) groups is 2. The van der Waals surface area contributed by atoms with E-state index in [-0.39, 0.29) is 18.7 Å². The van der Waals surface area contributed by atoms with Gasteiger partial charge in [0.1, 0.15) is 34.8 Å². The number of aromatic nitrogens is 4. The number of pyridine rings is 2. The number of aromatic carboxylic acids is 1. The van der Waals surface area contributed by atoms with E-state index in [1.54, 1.807) is 6.20 Å². The summed E-state index contributed by atoms with van der Waals surface area (Å²) >= 11 is 0. The molecule has 3 aromatic rings. The fourth-order valence-corrected chi connectivity index (χ4v) is 4.23. The number of hydrogen-bond acceptors (Lipinski definition) is 5. The van der Waals surface area contributed by atoms with Crippen molar-refractivity contribution in [3.05, 3.63) is 34.0 Å². The minimum Gasteiger partial charge on any atom is -0.477 e. The third kappa shape index (κ3) is 4.21. The van der Waals surface area contributed by atoms with E-state index < -0.39 is 35.2 Å². The number of nitrogens with zero attached hydrogens (tertiary/aromatic N) is 5. The Morgan fingerprint density at radius 2 is 1.88 bits per heavy atom. The van der Waals surface area contributed by atoms with E-state index in [4.69, 9.17) is 0 Å². The van der Waals surface area contributed by atoms with Crippen molar-refractivity contribution in [3.63, 3.8) is 0 Å². The number of rotatable bonds is 3. The van der Waals surface area contributed by atoms with Crippen LogP contribution < -0.4 is 5.56 Å². The molecule has 2 aliphatic rings. The molecule has 10 heteroatoms. The van der Waals surface area contributed by atoms with E-state index in [2.05, 4.69) is 9.97 Å². The molecule has 2 aliphatic heterocycles. The van der Waals surface area contributed by atoms with Gasteiger partial charge in [-0.25, -0.2) is 19.2 Å². The summed E-state index contributed by atoms with van der Waals surface area (Å²) in [6, 6.07) is 1.28. The molecule has 1 N–H and O–H groups in total. The number of fused-ring (bicyclic) bond motifs is 5. The average molecular weight is 460 g/mol. The minimum absolute atomic E-state index is 0.0530. The van der Waals surface area contributed by atoms with E-state index in [0.717, 1.165) is 35.3 Å². The number of carboxylic acid groups (broad SMARTS) is 1. The number of imidazole rings is 1. The normalized spacial score (nSPS) is 15.8. The molecule has 0 atom stereocenters. The molecular formula is C23H30FN5O4. The highest BCUT2D eigenvalue weighted by Gasteiger charge is 2.41. The molecule has 0 radical (unpaired) electrons. The van der Waals surface area contributed by atoms with Crippen molar-refractivity contribution in [1.82, 2.24) is 24.0 Å². The molecule has 0 spiro atoms. The summed E-state index contributed by atoms with van der Waals surface area (Å²) < 4.78 is 16.8. The lowest BCUT2D eigenvalue weighted by molar-refractivity contribution is -0.144. The summed E-state index contributed by atoms with van der Waals surface area (Å²) in [6.07, 6.45) is 3.40. The number of aryl methyl sites for hydroxylation is 2. The molecule has 0 aliphatic carbocycles. The number of halogens is 1. The Labute approximate surface area is 190 Å². The molecule has 5 heterocycles. The van der Waals surface area contributed by atoms with Gasteiger partial charge in [0, 0.05) is 18.4 Å². The Kier molecular flexibility index (Phi) is 6.85. The molecule has 1 amide bonds. The van der Waals surface area contributed by atoms with Gasteiger partial charge in [0.05, 0.1) is 24.8 Å². The number of hydrogen-bond donors (Lipinski definition) is 1. The second kappa shape index (κ2) is 9.29. The van der Waals surface area contributed by atoms with Gasteiger partial charge in [-0.3, -0.25) is 14.2 Å². The van der Waals surface area contributed by atoms with Gasteiger partial charge < -0.3 is 14.6 Å². The summed E-state index contributed by atoms with van der Waals surface area (Å²) in [6.45, 7) is 9.70. The molecule has 0 bridgehead atoms. The van der Waals surface area contributed by atoms with Crippen LogP contribution >= 0.6 is 0 Å². The lowest BCUT2D eigenvalue weighted by atomic mass is 9.99. The van der Waals surface area contributed by atoms with Crippen molar-refractivity contribution >= 4 is 33.9 Å². The summed E-state index contributed by atoms with van der Waals surface area (Å²) in [5.41, 5.74) is -1.18. The Morgan fingerprint density at radius 1 is 1.21 bits per heavy atom. The fourth-order valence-electron chi connectivity index (χ4n) is 4.23. The summed E-state index contributed by atoms with van der Waals surface area (Å²) in [4.78, 5) is 47.3. The number of likely N-dealkylation sites (tertiary alicyclic amines) is 1. The molecule has 178 valence electrons. The van der Waals surface area contributed by atoms with Crippen LogP contribution in [0.4, 0.5) is 4.39 Å². The zero-order valence-corrected chi connectivity index (χ0v) is 19.7. The van der Waals surface area contributed by atoms with E-state index in [1.165, 1.54) is 17.9 Å². The fraction of sp³-hybridized carbons (Fsp3) is 0.522. The first kappa shape index (κ1) is 24.3. The Bertz CT molecular complexity index is 1270. The molecule has 33 heavy (non-hydrogen) atoms. The zero-order valence-electron chi connectivity index (χ0n) is 19.7. The Balaban J connectivity index is 0.000000728. The summed E-state index contributed by atoms with van der Waals surface area (Å²) in [5, 5.41) is 9.91. The summed E-state index contributed by atoms with van der Waals surface area (Å²) in [5.74, 6) is -0.953. The van der Waals surface area contributed by atoms with Gasteiger partial charge in [-0.05, 0) is 19.4 Å². The Morgan fingerprint density at radius 3 is 2.48 bits per heavy atom. The molecule has 1 saturated heterocycles. The number of alkyl halides is 1. The van der Waals surface area contributed by atoms with Crippen LogP contribution in [0.1, 0.15) is 57.2 Å². The lowest BCUT2D eigenvalue weighted by Crippen LogP contribution is -2.60. The maximum absolute atomic E-state index is 13.7. The van der Waals surface area contributed by atoms with Gasteiger partial charge >= 0.3 is 5.97 Å². The van der Waals surface area contributed by atoms with Crippen LogP contribution in [-0.2, 0) is 24.3 Å². The van der Waals surface area contributed by atoms with Crippen LogP contribution in [0.3, 0.4) is 0 Å². The SMILES string of the molecule is CC.CC.CC1(F)CN(C(=O)Cn2c(=O)c(C(=O)O)cc3c4nc5n(c4cnc32)CCC5)C1. The average Bonchev–Trinajstić information content (AvgIpc) is 3.37. The topological polar surface area (TPSA) is 110 Å². The molecule has 3 aromatic heterocycles. The van der Waals surface area contributed by atoms with Gasteiger partial charge in [-0.15, -0.1) is 0 Å². The van der Waals surface area contributed by atoms with Crippen LogP contribution in [0.25, 0.3) is 22.1 Å². The zero-order chi connectivity index (χ0) is 24.5. The van der Waals surface area contributed by atoms with Crippen molar-refractivity contribution in [2.75, 3.05) is 13.1 Å². The minimum atomic E-state index is -1.44. The second-order valence-corrected chi connectivity index (χ2v) is 7.93. The van der Waals surface area contributed by atoms with Crippen LogP contribution in [0.15, 0.2) is 17.1 Å². The van der Waals surface area contributed by atoms with Crippen molar-refractivity contribution in [3.8, 4) is 0 Å². The molecule has 0 saturated carbocycles. The Hall–Kier alpha value is -3.30. The molecule has 0 unspecified atom stereocenters. The highest BCUT2D eigenvalue weighted by atomic mass is 19.1. The first-order chi connectivity index (χ1) is 15.7. The van der Waals surface area contributed by atoms with Crippen LogP contribution in [0.2, 0.25) is 0 Å². The lowest BCUT2D eigenvalue weighted by Gasteiger charge is -2.42. The standard InChI is InChI=1S/C19H18FN5O4.2C2H6/c1-19(20)8-23(9-19)14(26)7-25-16-10(5-11(17(25)27)18(28)29)15-12(6-21-16)24-4-2-3-13(24)22-15;2*1-2/h5-6H,2-4,7-9H2,1H3,(H,28,29);2*1-2H3. The van der Waals surface area contributed by atoms with Crippen LogP contribution in [0, 0.1) is 0 Å². The number of carbonyl (C=O) groups excluding carboxylic acids is 1. The van der Waals surface area contributed by atoms with E-state index in [1.807, 2.05) is 32.3 Å². The predicted octanol–water partition coefficient (Wildman–Crippen LogP) is 3.01. The highest BCUT2D eigenvalue weighted by Crippen LogP contribution is 2.28. The number of carboxylic acids is 1. The van der Waals surface area contributed by atoms with Crippen molar-refractivity contribution in [2.24, 2.45) is 0 Å². The van der Waals surface area contributed by atoms with Gasteiger partial charge in [-0.1, -0.05) is 27.7 Å². The van der Waals surface area contributed by atoms with E-state index in [9.17, 15) is 23.9 Å². The third-order valence-corrected chi connectivity index (χ3v) is 5.61. The first-order valence-corrected chi connectivity index (χ1v) is 11.4. The first-order valence-electron chi connectivity index (χ1n) is 11.4. The van der Waals surface area contributed by atoms with E-state index in [0.29, 0.717) is 10.9 Å². The van der Waals surface area contributed by atoms with Crippen molar-refractivity contribution < 1.29 is 19.1 Å².